The van der Waals surface area contributed by atoms with E-state index in [9.17, 15) is 4.79 Å². The van der Waals surface area contributed by atoms with Gasteiger partial charge in [0.2, 0.25) is 0 Å². The van der Waals surface area contributed by atoms with Gasteiger partial charge in [0.1, 0.15) is 23.0 Å². The smallest absolute Gasteiger partial charge is 0.283 e. The van der Waals surface area contributed by atoms with Crippen molar-refractivity contribution in [2.24, 2.45) is 0 Å². The van der Waals surface area contributed by atoms with Crippen LogP contribution < -0.4 is 14.8 Å². The van der Waals surface area contributed by atoms with Crippen LogP contribution in [0, 0.1) is 0 Å². The molecule has 0 saturated carbocycles. The van der Waals surface area contributed by atoms with Gasteiger partial charge < -0.3 is 14.8 Å². The average Bonchev–Trinajstić information content (AvgIpc) is 3.27. The number of nitrogens with one attached hydrogen (secondary N) is 1. The van der Waals surface area contributed by atoms with Crippen molar-refractivity contribution >= 4 is 11.7 Å². The van der Waals surface area contributed by atoms with Crippen molar-refractivity contribution < 1.29 is 14.3 Å². The Morgan fingerprint density at radius 3 is 2.45 bits per heavy atom. The number of hydrogen-bond donors (Lipinski definition) is 1. The second-order valence-electron chi connectivity index (χ2n) is 6.75. The van der Waals surface area contributed by atoms with E-state index in [1.54, 1.807) is 31.5 Å². The normalized spacial score (nSPS) is 10.5. The third-order valence-electron chi connectivity index (χ3n) is 4.78. The van der Waals surface area contributed by atoms with Gasteiger partial charge >= 0.3 is 0 Å². The Morgan fingerprint density at radius 1 is 0.935 bits per heavy atom. The fraction of sp³-hybridized carbons (Fsp3) is 0.125. The molecule has 2 aromatic heterocycles. The molecule has 0 atom stereocenters. The van der Waals surface area contributed by atoms with Crippen molar-refractivity contribution in [3.63, 3.8) is 0 Å². The zero-order valence-corrected chi connectivity index (χ0v) is 17.3. The van der Waals surface area contributed by atoms with Crippen LogP contribution >= 0.6 is 0 Å². The molecule has 0 bridgehead atoms. The van der Waals surface area contributed by atoms with Gasteiger partial charge in [-0.3, -0.25) is 9.78 Å². The lowest BCUT2D eigenvalue weighted by atomic mass is 10.1. The van der Waals surface area contributed by atoms with Crippen LogP contribution in [0.3, 0.4) is 0 Å². The van der Waals surface area contributed by atoms with Gasteiger partial charge in [-0.2, -0.15) is 9.78 Å². The number of benzene rings is 2. The maximum Gasteiger partial charge on any atom is 0.283 e. The summed E-state index contributed by atoms with van der Waals surface area (Å²) in [5.41, 5.74) is 2.74. The molecule has 0 radical (unpaired) electrons. The predicted molar refractivity (Wildman–Crippen MR) is 119 cm³/mol. The second-order valence-corrected chi connectivity index (χ2v) is 6.75. The first kappa shape index (κ1) is 20.2. The first-order chi connectivity index (χ1) is 15.2. The van der Waals surface area contributed by atoms with E-state index in [1.165, 1.54) is 11.8 Å². The third kappa shape index (κ3) is 4.40. The monoisotopic (exact) mass is 414 g/mol. The number of aromatic nitrogens is 3. The van der Waals surface area contributed by atoms with Gasteiger partial charge in [-0.05, 0) is 29.8 Å². The Morgan fingerprint density at radius 2 is 1.74 bits per heavy atom. The number of rotatable bonds is 7. The van der Waals surface area contributed by atoms with Gasteiger partial charge in [0, 0.05) is 24.9 Å². The van der Waals surface area contributed by atoms with Gasteiger partial charge in [-0.1, -0.05) is 36.4 Å². The lowest BCUT2D eigenvalue weighted by molar-refractivity contribution is 0.0944. The van der Waals surface area contributed by atoms with Gasteiger partial charge in [0.05, 0.1) is 25.5 Å². The fourth-order valence-electron chi connectivity index (χ4n) is 3.18. The zero-order chi connectivity index (χ0) is 21.6. The molecule has 0 saturated heterocycles. The molecule has 2 aromatic carbocycles. The van der Waals surface area contributed by atoms with Crippen LogP contribution in [0.4, 0.5) is 5.82 Å². The summed E-state index contributed by atoms with van der Waals surface area (Å²) in [6.45, 7) is 0.543. The summed E-state index contributed by atoms with van der Waals surface area (Å²) >= 11 is 0. The van der Waals surface area contributed by atoms with Crippen molar-refractivity contribution in [1.82, 2.24) is 14.8 Å². The molecule has 0 amide bonds. The molecule has 0 spiro atoms. The fourth-order valence-corrected chi connectivity index (χ4v) is 3.18. The van der Waals surface area contributed by atoms with E-state index in [0.717, 1.165) is 5.56 Å². The summed E-state index contributed by atoms with van der Waals surface area (Å²) in [5, 5.41) is 7.86. The summed E-state index contributed by atoms with van der Waals surface area (Å²) in [6, 6.07) is 22.4. The highest BCUT2D eigenvalue weighted by molar-refractivity contribution is 6.00. The van der Waals surface area contributed by atoms with Crippen LogP contribution in [0.2, 0.25) is 0 Å². The van der Waals surface area contributed by atoms with E-state index in [2.05, 4.69) is 15.4 Å². The molecule has 4 rings (SSSR count). The van der Waals surface area contributed by atoms with E-state index in [0.29, 0.717) is 40.8 Å². The molecule has 31 heavy (non-hydrogen) atoms. The number of methoxy groups -OCH3 is 2. The molecule has 156 valence electrons. The van der Waals surface area contributed by atoms with Crippen molar-refractivity contribution in [3.8, 4) is 22.9 Å². The lowest BCUT2D eigenvalue weighted by Crippen LogP contribution is -2.18. The molecule has 0 aliphatic rings. The molecule has 7 nitrogen and oxygen atoms in total. The highest BCUT2D eigenvalue weighted by Gasteiger charge is 2.21. The molecule has 0 aliphatic carbocycles. The zero-order valence-electron chi connectivity index (χ0n) is 17.3. The van der Waals surface area contributed by atoms with Crippen LogP contribution in [0.15, 0.2) is 79.0 Å². The highest BCUT2D eigenvalue weighted by atomic mass is 16.5. The molecule has 4 aromatic rings. The minimum atomic E-state index is -0.322. The minimum Gasteiger partial charge on any atom is -0.497 e. The molecule has 0 fully saturated rings. The Kier molecular flexibility index (Phi) is 5.93. The molecule has 0 aliphatic heterocycles. The average molecular weight is 414 g/mol. The Hall–Kier alpha value is -4.13. The van der Waals surface area contributed by atoms with Gasteiger partial charge in [0.15, 0.2) is 0 Å². The topological polar surface area (TPSA) is 78.3 Å². The second kappa shape index (κ2) is 9.13. The van der Waals surface area contributed by atoms with Crippen molar-refractivity contribution in [3.05, 3.63) is 90.1 Å². The summed E-state index contributed by atoms with van der Waals surface area (Å²) in [6.07, 6.45) is 1.69. The van der Waals surface area contributed by atoms with Crippen LogP contribution in [0.25, 0.3) is 11.4 Å². The maximum atomic E-state index is 13.4. The van der Waals surface area contributed by atoms with Crippen LogP contribution in [-0.4, -0.2) is 34.9 Å². The van der Waals surface area contributed by atoms with Gasteiger partial charge in [-0.25, -0.2) is 0 Å². The predicted octanol–water partition coefficient (Wildman–Crippen LogP) is 4.26. The van der Waals surface area contributed by atoms with Crippen LogP contribution in [0.1, 0.15) is 15.9 Å². The van der Waals surface area contributed by atoms with Gasteiger partial charge in [0.25, 0.3) is 5.91 Å². The number of nitrogens with zero attached hydrogens (tertiary/aromatic N) is 3. The highest BCUT2D eigenvalue weighted by Crippen LogP contribution is 2.28. The van der Waals surface area contributed by atoms with Crippen molar-refractivity contribution in [2.75, 3.05) is 19.5 Å². The number of carbonyl (C=O) groups excluding carboxylic acids is 1. The maximum absolute atomic E-state index is 13.4. The number of pyridine rings is 1. The van der Waals surface area contributed by atoms with E-state index >= 15 is 0 Å². The Labute approximate surface area is 180 Å². The van der Waals surface area contributed by atoms with Crippen LogP contribution in [-0.2, 0) is 6.54 Å². The molecule has 0 unspecified atom stereocenters. The van der Waals surface area contributed by atoms with Crippen LogP contribution in [0.5, 0.6) is 11.5 Å². The van der Waals surface area contributed by atoms with E-state index in [4.69, 9.17) is 9.47 Å². The minimum absolute atomic E-state index is 0.322. The summed E-state index contributed by atoms with van der Waals surface area (Å²) < 4.78 is 12.0. The molecule has 2 heterocycles. The molecule has 7 heteroatoms. The lowest BCUT2D eigenvalue weighted by Gasteiger charge is -2.12. The van der Waals surface area contributed by atoms with Crippen molar-refractivity contribution in [1.29, 1.82) is 0 Å². The SMILES string of the molecule is COc1ccc(C(=O)n2nc(-c3ccccn3)cc2NCc2ccccc2)c(OC)c1. The summed E-state index contributed by atoms with van der Waals surface area (Å²) in [7, 11) is 3.08. The number of carbonyl (C=O) groups is 1. The molecular weight excluding hydrogens is 392 g/mol. The Bertz CT molecular complexity index is 1170. The third-order valence-corrected chi connectivity index (χ3v) is 4.78. The summed E-state index contributed by atoms with van der Waals surface area (Å²) in [4.78, 5) is 17.8. The number of hydrogen-bond acceptors (Lipinski definition) is 6. The molecular formula is C24H22N4O3. The van der Waals surface area contributed by atoms with E-state index in [-0.39, 0.29) is 5.91 Å². The van der Waals surface area contributed by atoms with E-state index < -0.39 is 0 Å². The van der Waals surface area contributed by atoms with Crippen molar-refractivity contribution in [2.45, 2.75) is 6.54 Å². The first-order valence-corrected chi connectivity index (χ1v) is 9.75. The Balaban J connectivity index is 1.72. The van der Waals surface area contributed by atoms with Gasteiger partial charge in [-0.15, -0.1) is 0 Å². The largest absolute Gasteiger partial charge is 0.497 e. The number of anilines is 1. The summed E-state index contributed by atoms with van der Waals surface area (Å²) in [5.74, 6) is 1.25. The standard InChI is InChI=1S/C24H22N4O3/c1-30-18-11-12-19(22(14-18)31-2)24(29)28-23(26-16-17-8-4-3-5-9-17)15-21(27-28)20-10-6-7-13-25-20/h3-15,26H,16H2,1-2H3. The first-order valence-electron chi connectivity index (χ1n) is 9.75. The number of ether oxygens (including phenoxy) is 2. The van der Waals surface area contributed by atoms with E-state index in [1.807, 2.05) is 54.6 Å². The molecule has 1 N–H and O–H groups in total. The quantitative estimate of drug-likeness (QED) is 0.487.